The first-order valence-corrected chi connectivity index (χ1v) is 8.83. The lowest BCUT2D eigenvalue weighted by molar-refractivity contribution is -0.164. The minimum atomic E-state index is -0.469. The number of fused-ring (bicyclic) bond motifs is 1. The van der Waals surface area contributed by atoms with Crippen LogP contribution in [0.25, 0.3) is 11.1 Å². The predicted molar refractivity (Wildman–Crippen MR) is 95.7 cm³/mol. The molecule has 1 aromatic carbocycles. The lowest BCUT2D eigenvalue weighted by Gasteiger charge is -2.59. The highest BCUT2D eigenvalue weighted by atomic mass is 16.5. The number of amides is 1. The summed E-state index contributed by atoms with van der Waals surface area (Å²) in [6, 6.07) is 5.26. The smallest absolute Gasteiger partial charge is 0.407 e. The number of rotatable bonds is 5. The molecular weight excluding hydrogens is 320 g/mol. The first-order chi connectivity index (χ1) is 11.9. The van der Waals surface area contributed by atoms with Crippen LogP contribution in [0.4, 0.5) is 0 Å². The molecule has 136 valence electrons. The molecule has 1 amide bonds. The van der Waals surface area contributed by atoms with E-state index in [0.717, 1.165) is 12.8 Å². The maximum absolute atomic E-state index is 12.9. The number of aromatic nitrogens is 1. The summed E-state index contributed by atoms with van der Waals surface area (Å²) in [6.45, 7) is 6.38. The van der Waals surface area contributed by atoms with Gasteiger partial charge in [0.1, 0.15) is 0 Å². The van der Waals surface area contributed by atoms with Crippen LogP contribution < -0.4 is 11.1 Å². The van der Waals surface area contributed by atoms with Crippen molar-refractivity contribution < 1.29 is 13.9 Å². The van der Waals surface area contributed by atoms with Gasteiger partial charge in [-0.1, -0.05) is 26.8 Å². The van der Waals surface area contributed by atoms with Gasteiger partial charge in [-0.15, -0.1) is 0 Å². The van der Waals surface area contributed by atoms with Gasteiger partial charge >= 0.3 is 5.76 Å². The Labute approximate surface area is 147 Å². The van der Waals surface area contributed by atoms with Gasteiger partial charge in [0.15, 0.2) is 5.58 Å². The Morgan fingerprint density at radius 3 is 2.64 bits per heavy atom. The summed E-state index contributed by atoms with van der Waals surface area (Å²) in [7, 11) is 3.37. The standard InChI is InChI=1S/C19H26N2O4/c1-6-19(7-2)15(11(3)16(19)24-5)20-17(22)12-9-8-10-13-14(12)25-18(23)21(13)4/h8-11,15-16H,6-7H2,1-5H3,(H,20,22)/t11-,15-,16-/m1/s1. The molecule has 0 bridgehead atoms. The van der Waals surface area contributed by atoms with E-state index in [1.54, 1.807) is 32.4 Å². The molecule has 0 radical (unpaired) electrons. The fourth-order valence-corrected chi connectivity index (χ4v) is 4.65. The molecular formula is C19H26N2O4. The molecule has 1 aliphatic rings. The highest BCUT2D eigenvalue weighted by Gasteiger charge is 2.58. The number of carbonyl (C=O) groups excluding carboxylic acids is 1. The third kappa shape index (κ3) is 2.42. The van der Waals surface area contributed by atoms with Crippen LogP contribution in [0, 0.1) is 11.3 Å². The molecule has 0 aliphatic heterocycles. The molecule has 25 heavy (non-hydrogen) atoms. The van der Waals surface area contributed by atoms with Crippen molar-refractivity contribution in [1.29, 1.82) is 0 Å². The first kappa shape index (κ1) is 17.7. The highest BCUT2D eigenvalue weighted by Crippen LogP contribution is 2.52. The molecule has 1 fully saturated rings. The zero-order valence-corrected chi connectivity index (χ0v) is 15.5. The molecule has 1 saturated carbocycles. The number of ether oxygens (including phenoxy) is 1. The summed E-state index contributed by atoms with van der Waals surface area (Å²) < 4.78 is 12.4. The largest absolute Gasteiger partial charge is 0.419 e. The van der Waals surface area contributed by atoms with Crippen molar-refractivity contribution in [2.24, 2.45) is 18.4 Å². The molecule has 6 heteroatoms. The number of oxazole rings is 1. The Hall–Kier alpha value is -2.08. The second-order valence-corrected chi connectivity index (χ2v) is 6.99. The molecule has 0 unspecified atom stereocenters. The van der Waals surface area contributed by atoms with Gasteiger partial charge in [0.2, 0.25) is 0 Å². The van der Waals surface area contributed by atoms with Crippen LogP contribution >= 0.6 is 0 Å². The van der Waals surface area contributed by atoms with Crippen LogP contribution in [0.5, 0.6) is 0 Å². The Morgan fingerprint density at radius 1 is 1.36 bits per heavy atom. The fourth-order valence-electron chi connectivity index (χ4n) is 4.65. The molecule has 3 atom stereocenters. The number of carbonyl (C=O) groups is 1. The van der Waals surface area contributed by atoms with Gasteiger partial charge in [0.25, 0.3) is 5.91 Å². The molecule has 1 N–H and O–H groups in total. The van der Waals surface area contributed by atoms with E-state index >= 15 is 0 Å². The zero-order chi connectivity index (χ0) is 18.4. The summed E-state index contributed by atoms with van der Waals surface area (Å²) in [4.78, 5) is 24.7. The molecule has 3 rings (SSSR count). The Kier molecular flexibility index (Phi) is 4.49. The molecule has 0 saturated heterocycles. The summed E-state index contributed by atoms with van der Waals surface area (Å²) in [5, 5.41) is 3.17. The number of nitrogens with zero attached hydrogens (tertiary/aromatic N) is 1. The molecule has 6 nitrogen and oxygen atoms in total. The minimum Gasteiger partial charge on any atom is -0.407 e. The number of aryl methyl sites for hydroxylation is 1. The maximum atomic E-state index is 12.9. The molecule has 2 aromatic rings. The molecule has 1 heterocycles. The van der Waals surface area contributed by atoms with Crippen molar-refractivity contribution in [2.75, 3.05) is 7.11 Å². The van der Waals surface area contributed by atoms with Gasteiger partial charge in [-0.2, -0.15) is 0 Å². The van der Waals surface area contributed by atoms with Gasteiger partial charge in [-0.25, -0.2) is 4.79 Å². The quantitative estimate of drug-likeness (QED) is 0.903. The van der Waals surface area contributed by atoms with Crippen LogP contribution in [-0.2, 0) is 11.8 Å². The van der Waals surface area contributed by atoms with E-state index in [2.05, 4.69) is 26.1 Å². The summed E-state index contributed by atoms with van der Waals surface area (Å²) in [6.07, 6.45) is 2.00. The SMILES string of the molecule is CCC1(CC)[C@H](NC(=O)c2cccc3c2oc(=O)n3C)[C@@H](C)[C@H]1OC. The Bertz CT molecular complexity index is 847. The molecule has 1 aliphatic carbocycles. The van der Waals surface area contributed by atoms with E-state index in [-0.39, 0.29) is 29.4 Å². The van der Waals surface area contributed by atoms with Gasteiger partial charge in [0, 0.05) is 31.5 Å². The number of hydrogen-bond donors (Lipinski definition) is 1. The summed E-state index contributed by atoms with van der Waals surface area (Å²) in [5.74, 6) is -0.448. The van der Waals surface area contributed by atoms with Crippen molar-refractivity contribution in [2.45, 2.75) is 45.8 Å². The lowest BCUT2D eigenvalue weighted by atomic mass is 9.53. The number of benzene rings is 1. The number of para-hydroxylation sites is 1. The van der Waals surface area contributed by atoms with E-state index in [4.69, 9.17) is 9.15 Å². The van der Waals surface area contributed by atoms with Gasteiger partial charge in [-0.05, 0) is 25.0 Å². The van der Waals surface area contributed by atoms with Crippen LogP contribution in [0.2, 0.25) is 0 Å². The second kappa shape index (κ2) is 6.33. The third-order valence-corrected chi connectivity index (χ3v) is 6.11. The lowest BCUT2D eigenvalue weighted by Crippen LogP contribution is -2.69. The zero-order valence-electron chi connectivity index (χ0n) is 15.5. The number of methoxy groups -OCH3 is 1. The summed E-state index contributed by atoms with van der Waals surface area (Å²) in [5.41, 5.74) is 1.28. The third-order valence-electron chi connectivity index (χ3n) is 6.11. The highest BCUT2D eigenvalue weighted by molar-refractivity contribution is 6.04. The van der Waals surface area contributed by atoms with Gasteiger partial charge in [0.05, 0.1) is 17.2 Å². The number of nitrogens with one attached hydrogen (secondary N) is 1. The van der Waals surface area contributed by atoms with Gasteiger partial charge < -0.3 is 14.5 Å². The Balaban J connectivity index is 1.93. The first-order valence-electron chi connectivity index (χ1n) is 8.83. The van der Waals surface area contributed by atoms with E-state index < -0.39 is 5.76 Å². The monoisotopic (exact) mass is 346 g/mol. The van der Waals surface area contributed by atoms with Crippen LogP contribution in [0.3, 0.4) is 0 Å². The topological polar surface area (TPSA) is 73.5 Å². The van der Waals surface area contributed by atoms with E-state index in [9.17, 15) is 9.59 Å². The van der Waals surface area contributed by atoms with Crippen molar-refractivity contribution in [3.8, 4) is 0 Å². The average Bonchev–Trinajstić information content (AvgIpc) is 2.91. The van der Waals surface area contributed by atoms with Crippen molar-refractivity contribution in [3.63, 3.8) is 0 Å². The number of hydrogen-bond acceptors (Lipinski definition) is 4. The van der Waals surface area contributed by atoms with Crippen molar-refractivity contribution >= 4 is 17.0 Å². The van der Waals surface area contributed by atoms with Crippen molar-refractivity contribution in [1.82, 2.24) is 9.88 Å². The predicted octanol–water partition coefficient (Wildman–Crippen LogP) is 2.70. The van der Waals surface area contributed by atoms with Crippen LogP contribution in [-0.4, -0.2) is 29.7 Å². The van der Waals surface area contributed by atoms with E-state index in [1.165, 1.54) is 4.57 Å². The minimum absolute atomic E-state index is 0.0330. The molecule has 1 aromatic heterocycles. The normalized spacial score (nSPS) is 24.9. The van der Waals surface area contributed by atoms with Gasteiger partial charge in [-0.3, -0.25) is 9.36 Å². The average molecular weight is 346 g/mol. The fraction of sp³-hybridized carbons (Fsp3) is 0.579. The van der Waals surface area contributed by atoms with E-state index in [1.807, 2.05) is 0 Å². The Morgan fingerprint density at radius 2 is 2.04 bits per heavy atom. The van der Waals surface area contributed by atoms with Crippen molar-refractivity contribution in [3.05, 3.63) is 34.3 Å². The molecule has 0 spiro atoms. The van der Waals surface area contributed by atoms with Crippen LogP contribution in [0.1, 0.15) is 44.0 Å². The van der Waals surface area contributed by atoms with Crippen LogP contribution in [0.15, 0.2) is 27.4 Å². The second-order valence-electron chi connectivity index (χ2n) is 6.99. The van der Waals surface area contributed by atoms with E-state index in [0.29, 0.717) is 16.7 Å². The summed E-state index contributed by atoms with van der Waals surface area (Å²) >= 11 is 0. The maximum Gasteiger partial charge on any atom is 0.419 e.